The Bertz CT molecular complexity index is 306. The smallest absolute Gasteiger partial charge is 0.0320 e. The molecule has 1 N–H and O–H groups in total. The number of hydrogen-bond acceptors (Lipinski definition) is 1. The third-order valence-corrected chi connectivity index (χ3v) is 4.36. The lowest BCUT2D eigenvalue weighted by Crippen LogP contribution is -2.07. The van der Waals surface area contributed by atoms with Crippen LogP contribution in [0.1, 0.15) is 17.9 Å². The lowest BCUT2D eigenvalue weighted by Gasteiger charge is -2.09. The number of nitrogens with one attached hydrogen (secondary N) is 1. The van der Waals surface area contributed by atoms with Crippen molar-refractivity contribution in [2.75, 3.05) is 13.1 Å². The first kappa shape index (κ1) is 9.69. The van der Waals surface area contributed by atoms with Gasteiger partial charge in [0.05, 0.1) is 0 Å². The Kier molecular flexibility index (Phi) is 3.06. The standard InChI is InChI=1S/C10H11Br2N/c11-9-2-1-7(5-10(9)12)8-3-4-13-6-8/h1-2,5,8,13H,3-4,6H2. The molecule has 1 aliphatic rings. The maximum Gasteiger partial charge on any atom is 0.0320 e. The van der Waals surface area contributed by atoms with Gasteiger partial charge in [0.25, 0.3) is 0 Å². The summed E-state index contributed by atoms with van der Waals surface area (Å²) in [6.45, 7) is 2.27. The van der Waals surface area contributed by atoms with Crippen molar-refractivity contribution in [1.82, 2.24) is 5.32 Å². The highest BCUT2D eigenvalue weighted by Crippen LogP contribution is 2.29. The molecule has 3 heteroatoms. The molecule has 0 radical (unpaired) electrons. The van der Waals surface area contributed by atoms with Crippen LogP contribution < -0.4 is 5.32 Å². The van der Waals surface area contributed by atoms with Crippen LogP contribution in [0.15, 0.2) is 27.1 Å². The van der Waals surface area contributed by atoms with Crippen LogP contribution in [-0.2, 0) is 0 Å². The summed E-state index contributed by atoms with van der Waals surface area (Å²) in [6.07, 6.45) is 1.26. The van der Waals surface area contributed by atoms with Crippen molar-refractivity contribution in [3.05, 3.63) is 32.7 Å². The highest BCUT2D eigenvalue weighted by molar-refractivity contribution is 9.13. The maximum atomic E-state index is 3.53. The van der Waals surface area contributed by atoms with E-state index in [-0.39, 0.29) is 0 Å². The van der Waals surface area contributed by atoms with Crippen molar-refractivity contribution in [1.29, 1.82) is 0 Å². The van der Waals surface area contributed by atoms with Gasteiger partial charge in [-0.1, -0.05) is 6.07 Å². The molecule has 0 amide bonds. The van der Waals surface area contributed by atoms with E-state index < -0.39 is 0 Å². The quantitative estimate of drug-likeness (QED) is 0.839. The van der Waals surface area contributed by atoms with Crippen LogP contribution in [0.4, 0.5) is 0 Å². The van der Waals surface area contributed by atoms with Crippen molar-refractivity contribution < 1.29 is 0 Å². The minimum Gasteiger partial charge on any atom is -0.316 e. The van der Waals surface area contributed by atoms with Crippen molar-refractivity contribution in [2.45, 2.75) is 12.3 Å². The summed E-state index contributed by atoms with van der Waals surface area (Å²) in [5, 5.41) is 3.38. The van der Waals surface area contributed by atoms with Gasteiger partial charge in [0.1, 0.15) is 0 Å². The molecule has 1 nitrogen and oxygen atoms in total. The van der Waals surface area contributed by atoms with Crippen LogP contribution >= 0.6 is 31.9 Å². The molecule has 2 rings (SSSR count). The first-order valence-corrected chi connectivity index (χ1v) is 6.01. The summed E-state index contributed by atoms with van der Waals surface area (Å²) < 4.78 is 2.28. The average Bonchev–Trinajstić information content (AvgIpc) is 2.62. The first-order chi connectivity index (χ1) is 6.27. The van der Waals surface area contributed by atoms with Gasteiger partial charge < -0.3 is 5.32 Å². The van der Waals surface area contributed by atoms with Gasteiger partial charge in [-0.25, -0.2) is 0 Å². The Morgan fingerprint density at radius 2 is 2.08 bits per heavy atom. The molecular weight excluding hydrogens is 294 g/mol. The highest BCUT2D eigenvalue weighted by Gasteiger charge is 2.16. The third kappa shape index (κ3) is 2.14. The van der Waals surface area contributed by atoms with Crippen LogP contribution in [-0.4, -0.2) is 13.1 Å². The van der Waals surface area contributed by atoms with E-state index in [1.54, 1.807) is 0 Å². The second kappa shape index (κ2) is 4.11. The Morgan fingerprint density at radius 3 is 2.69 bits per heavy atom. The molecule has 13 heavy (non-hydrogen) atoms. The molecule has 1 aromatic rings. The van der Waals surface area contributed by atoms with Gasteiger partial charge in [-0.3, -0.25) is 0 Å². The number of hydrogen-bond donors (Lipinski definition) is 1. The van der Waals surface area contributed by atoms with Gasteiger partial charge in [-0.05, 0) is 68.4 Å². The molecule has 1 saturated heterocycles. The van der Waals surface area contributed by atoms with E-state index >= 15 is 0 Å². The molecule has 1 aromatic carbocycles. The third-order valence-electron chi connectivity index (χ3n) is 2.48. The molecule has 0 aromatic heterocycles. The predicted molar refractivity (Wildman–Crippen MR) is 62.1 cm³/mol. The average molecular weight is 305 g/mol. The van der Waals surface area contributed by atoms with Crippen molar-refractivity contribution in [2.24, 2.45) is 0 Å². The number of halogens is 2. The summed E-state index contributed by atoms with van der Waals surface area (Å²) >= 11 is 7.00. The van der Waals surface area contributed by atoms with Crippen molar-refractivity contribution in [3.8, 4) is 0 Å². The van der Waals surface area contributed by atoms with Crippen LogP contribution in [0.25, 0.3) is 0 Å². The zero-order valence-corrected chi connectivity index (χ0v) is 10.4. The molecular formula is C10H11Br2N. The normalized spacial score (nSPS) is 22.2. The Hall–Kier alpha value is 0.140. The minimum absolute atomic E-state index is 0.699. The fourth-order valence-electron chi connectivity index (χ4n) is 1.71. The fourth-order valence-corrected chi connectivity index (χ4v) is 2.35. The summed E-state index contributed by atoms with van der Waals surface area (Å²) in [6, 6.07) is 6.52. The molecule has 1 fully saturated rings. The molecule has 1 atom stereocenters. The predicted octanol–water partition coefficient (Wildman–Crippen LogP) is 3.29. The molecule has 70 valence electrons. The largest absolute Gasteiger partial charge is 0.316 e. The van der Waals surface area contributed by atoms with Gasteiger partial charge in [0.2, 0.25) is 0 Å². The second-order valence-electron chi connectivity index (χ2n) is 3.36. The van der Waals surface area contributed by atoms with Crippen LogP contribution in [0, 0.1) is 0 Å². The maximum absolute atomic E-state index is 3.53. The molecule has 1 heterocycles. The van der Waals surface area contributed by atoms with E-state index in [2.05, 4.69) is 55.4 Å². The van der Waals surface area contributed by atoms with Gasteiger partial charge in [-0.15, -0.1) is 0 Å². The van der Waals surface area contributed by atoms with Gasteiger partial charge in [-0.2, -0.15) is 0 Å². The number of rotatable bonds is 1. The van der Waals surface area contributed by atoms with Crippen LogP contribution in [0.5, 0.6) is 0 Å². The summed E-state index contributed by atoms with van der Waals surface area (Å²) in [7, 11) is 0. The molecule has 0 spiro atoms. The second-order valence-corrected chi connectivity index (χ2v) is 5.07. The van der Waals surface area contributed by atoms with Gasteiger partial charge in [0, 0.05) is 15.5 Å². The van der Waals surface area contributed by atoms with Crippen molar-refractivity contribution in [3.63, 3.8) is 0 Å². The monoisotopic (exact) mass is 303 g/mol. The lowest BCUT2D eigenvalue weighted by atomic mass is 9.99. The fraction of sp³-hybridized carbons (Fsp3) is 0.400. The molecule has 0 saturated carbocycles. The van der Waals surface area contributed by atoms with Gasteiger partial charge in [0.15, 0.2) is 0 Å². The van der Waals surface area contributed by atoms with E-state index in [0.29, 0.717) is 5.92 Å². The van der Waals surface area contributed by atoms with E-state index in [9.17, 15) is 0 Å². The molecule has 1 aliphatic heterocycles. The molecule has 1 unspecified atom stereocenters. The summed E-state index contributed by atoms with van der Waals surface area (Å²) in [5.74, 6) is 0.699. The zero-order chi connectivity index (χ0) is 9.26. The van der Waals surface area contributed by atoms with E-state index in [4.69, 9.17) is 0 Å². The topological polar surface area (TPSA) is 12.0 Å². The van der Waals surface area contributed by atoms with Crippen molar-refractivity contribution >= 4 is 31.9 Å². The van der Waals surface area contributed by atoms with E-state index in [0.717, 1.165) is 22.0 Å². The number of benzene rings is 1. The lowest BCUT2D eigenvalue weighted by molar-refractivity contribution is 0.762. The summed E-state index contributed by atoms with van der Waals surface area (Å²) in [5.41, 5.74) is 1.43. The van der Waals surface area contributed by atoms with Crippen LogP contribution in [0.2, 0.25) is 0 Å². The minimum atomic E-state index is 0.699. The van der Waals surface area contributed by atoms with Gasteiger partial charge >= 0.3 is 0 Å². The zero-order valence-electron chi connectivity index (χ0n) is 7.19. The molecule has 0 aliphatic carbocycles. The van der Waals surface area contributed by atoms with E-state index in [1.165, 1.54) is 12.0 Å². The van der Waals surface area contributed by atoms with E-state index in [1.807, 2.05) is 0 Å². The first-order valence-electron chi connectivity index (χ1n) is 4.43. The molecule has 0 bridgehead atoms. The highest BCUT2D eigenvalue weighted by atomic mass is 79.9. The summed E-state index contributed by atoms with van der Waals surface area (Å²) in [4.78, 5) is 0. The SMILES string of the molecule is Brc1ccc(C2CCNC2)cc1Br. The Labute approximate surface area is 95.2 Å². The Morgan fingerprint density at radius 1 is 1.23 bits per heavy atom. The van der Waals surface area contributed by atoms with Crippen LogP contribution in [0.3, 0.4) is 0 Å². The Balaban J connectivity index is 2.25.